The normalized spacial score (nSPS) is 20.9. The first kappa shape index (κ1) is 11.8. The number of halogens is 1. The van der Waals surface area contributed by atoms with Gasteiger partial charge in [0.05, 0.1) is 0 Å². The molecule has 1 aliphatic rings. The smallest absolute Gasteiger partial charge is 0.153 e. The van der Waals surface area contributed by atoms with Gasteiger partial charge in [-0.15, -0.1) is 0 Å². The number of H-pyrrole nitrogens is 1. The number of aromatic nitrogens is 2. The number of nitrogens with zero attached hydrogens (tertiary/aromatic N) is 1. The lowest BCUT2D eigenvalue weighted by Gasteiger charge is -2.06. The van der Waals surface area contributed by atoms with Crippen LogP contribution in [-0.2, 0) is 0 Å². The van der Waals surface area contributed by atoms with Gasteiger partial charge < -0.3 is 5.73 Å². The van der Waals surface area contributed by atoms with Crippen molar-refractivity contribution in [3.8, 4) is 11.1 Å². The van der Waals surface area contributed by atoms with Crippen molar-refractivity contribution in [2.45, 2.75) is 26.2 Å². The van der Waals surface area contributed by atoms with Crippen LogP contribution in [-0.4, -0.2) is 10.2 Å². The standard InChI is InChI=1S/C14H16BrN3/c1-14(2)7-10(14)12-11(13(16)18-17-12)8-3-5-9(15)6-4-8/h3-6,10H,7H2,1-2H3,(H3,16,17,18). The molecule has 1 unspecified atom stereocenters. The SMILES string of the molecule is CC1(C)CC1c1[nH]nc(N)c1-c1ccc(Br)cc1. The fourth-order valence-corrected chi connectivity index (χ4v) is 2.77. The first-order chi connectivity index (χ1) is 8.49. The summed E-state index contributed by atoms with van der Waals surface area (Å²) in [6.07, 6.45) is 1.19. The average Bonchev–Trinajstić information content (AvgIpc) is 2.78. The predicted molar refractivity (Wildman–Crippen MR) is 77.3 cm³/mol. The van der Waals surface area contributed by atoms with E-state index in [4.69, 9.17) is 5.73 Å². The number of rotatable bonds is 2. The number of hydrogen-bond donors (Lipinski definition) is 2. The van der Waals surface area contributed by atoms with Gasteiger partial charge in [0.2, 0.25) is 0 Å². The molecule has 3 rings (SSSR count). The number of aromatic amines is 1. The second-order valence-electron chi connectivity index (χ2n) is 5.65. The molecule has 0 spiro atoms. The van der Waals surface area contributed by atoms with Crippen LogP contribution in [0.15, 0.2) is 28.7 Å². The van der Waals surface area contributed by atoms with E-state index in [1.54, 1.807) is 0 Å². The van der Waals surface area contributed by atoms with Crippen molar-refractivity contribution < 1.29 is 0 Å². The molecule has 94 valence electrons. The summed E-state index contributed by atoms with van der Waals surface area (Å²) in [5, 5.41) is 7.30. The third kappa shape index (κ3) is 1.85. The van der Waals surface area contributed by atoms with E-state index in [9.17, 15) is 0 Å². The Morgan fingerprint density at radius 1 is 1.33 bits per heavy atom. The molecule has 1 aromatic carbocycles. The Kier molecular flexibility index (Phi) is 2.52. The molecule has 0 aliphatic heterocycles. The molecule has 18 heavy (non-hydrogen) atoms. The molecule has 1 aliphatic carbocycles. The summed E-state index contributed by atoms with van der Waals surface area (Å²) in [4.78, 5) is 0. The largest absolute Gasteiger partial charge is 0.382 e. The summed E-state index contributed by atoms with van der Waals surface area (Å²) < 4.78 is 1.07. The Morgan fingerprint density at radius 2 is 1.94 bits per heavy atom. The molecule has 3 nitrogen and oxygen atoms in total. The maximum atomic E-state index is 6.01. The molecule has 1 fully saturated rings. The number of benzene rings is 1. The second kappa shape index (κ2) is 3.85. The lowest BCUT2D eigenvalue weighted by atomic mass is 10.00. The summed E-state index contributed by atoms with van der Waals surface area (Å²) in [5.74, 6) is 1.14. The van der Waals surface area contributed by atoms with Crippen LogP contribution < -0.4 is 5.73 Å². The van der Waals surface area contributed by atoms with Gasteiger partial charge in [0.15, 0.2) is 5.82 Å². The highest BCUT2D eigenvalue weighted by Crippen LogP contribution is 2.60. The van der Waals surface area contributed by atoms with Crippen molar-refractivity contribution in [2.75, 3.05) is 5.73 Å². The van der Waals surface area contributed by atoms with Crippen LogP contribution in [0.1, 0.15) is 31.9 Å². The molecule has 2 aromatic rings. The van der Waals surface area contributed by atoms with Gasteiger partial charge in [0.1, 0.15) is 0 Å². The fourth-order valence-electron chi connectivity index (χ4n) is 2.50. The number of nitrogens with two attached hydrogens (primary N) is 1. The first-order valence-electron chi connectivity index (χ1n) is 6.09. The Balaban J connectivity index is 2.06. The third-order valence-electron chi connectivity index (χ3n) is 3.82. The number of anilines is 1. The van der Waals surface area contributed by atoms with Crippen LogP contribution in [0.25, 0.3) is 11.1 Å². The van der Waals surface area contributed by atoms with E-state index < -0.39 is 0 Å². The van der Waals surface area contributed by atoms with Crippen LogP contribution >= 0.6 is 15.9 Å². The quantitative estimate of drug-likeness (QED) is 0.883. The van der Waals surface area contributed by atoms with Gasteiger partial charge in [-0.2, -0.15) is 5.10 Å². The van der Waals surface area contributed by atoms with Gasteiger partial charge in [-0.25, -0.2) is 0 Å². The monoisotopic (exact) mass is 305 g/mol. The highest BCUT2D eigenvalue weighted by Gasteiger charge is 2.48. The van der Waals surface area contributed by atoms with Gasteiger partial charge in [-0.1, -0.05) is 41.9 Å². The summed E-state index contributed by atoms with van der Waals surface area (Å²) in [5.41, 5.74) is 9.75. The molecule has 0 amide bonds. The molecule has 3 N–H and O–H groups in total. The summed E-state index contributed by atoms with van der Waals surface area (Å²) in [6.45, 7) is 4.56. The molecule has 1 saturated carbocycles. The van der Waals surface area contributed by atoms with Crippen molar-refractivity contribution in [3.05, 3.63) is 34.4 Å². The molecule has 1 heterocycles. The maximum Gasteiger partial charge on any atom is 0.153 e. The van der Waals surface area contributed by atoms with E-state index in [2.05, 4.69) is 52.1 Å². The molecule has 0 radical (unpaired) electrons. The lowest BCUT2D eigenvalue weighted by molar-refractivity contribution is 0.615. The maximum absolute atomic E-state index is 6.01. The zero-order chi connectivity index (χ0) is 12.9. The number of nitrogen functional groups attached to an aromatic ring is 1. The van der Waals surface area contributed by atoms with E-state index in [0.29, 0.717) is 17.2 Å². The minimum Gasteiger partial charge on any atom is -0.382 e. The van der Waals surface area contributed by atoms with Crippen molar-refractivity contribution in [3.63, 3.8) is 0 Å². The minimum absolute atomic E-state index is 0.364. The van der Waals surface area contributed by atoms with Crippen molar-refractivity contribution in [1.82, 2.24) is 10.2 Å². The van der Waals surface area contributed by atoms with Gasteiger partial charge in [-0.3, -0.25) is 5.10 Å². The van der Waals surface area contributed by atoms with Crippen LogP contribution in [0, 0.1) is 5.41 Å². The van der Waals surface area contributed by atoms with Gasteiger partial charge in [-0.05, 0) is 29.5 Å². The minimum atomic E-state index is 0.364. The zero-order valence-corrected chi connectivity index (χ0v) is 12.1. The number of nitrogens with one attached hydrogen (secondary N) is 1. The van der Waals surface area contributed by atoms with Gasteiger partial charge in [0.25, 0.3) is 0 Å². The molecular weight excluding hydrogens is 290 g/mol. The Bertz CT molecular complexity index is 584. The number of hydrogen-bond acceptors (Lipinski definition) is 2. The Labute approximate surface area is 115 Å². The molecule has 0 bridgehead atoms. The molecule has 4 heteroatoms. The summed E-state index contributed by atoms with van der Waals surface area (Å²) in [7, 11) is 0. The first-order valence-corrected chi connectivity index (χ1v) is 6.88. The predicted octanol–water partition coefficient (Wildman–Crippen LogP) is 3.93. The molecular formula is C14H16BrN3. The molecule has 1 atom stereocenters. The Morgan fingerprint density at radius 3 is 2.50 bits per heavy atom. The fraction of sp³-hybridized carbons (Fsp3) is 0.357. The summed E-state index contributed by atoms with van der Waals surface area (Å²) >= 11 is 3.45. The van der Waals surface area contributed by atoms with E-state index in [1.165, 1.54) is 12.1 Å². The topological polar surface area (TPSA) is 54.7 Å². The average molecular weight is 306 g/mol. The van der Waals surface area contributed by atoms with E-state index >= 15 is 0 Å². The van der Waals surface area contributed by atoms with Crippen LogP contribution in [0.3, 0.4) is 0 Å². The zero-order valence-electron chi connectivity index (χ0n) is 10.5. The lowest BCUT2D eigenvalue weighted by Crippen LogP contribution is -1.94. The van der Waals surface area contributed by atoms with Crippen molar-refractivity contribution >= 4 is 21.7 Å². The highest BCUT2D eigenvalue weighted by molar-refractivity contribution is 9.10. The van der Waals surface area contributed by atoms with E-state index in [1.807, 2.05) is 12.1 Å². The van der Waals surface area contributed by atoms with Crippen LogP contribution in [0.4, 0.5) is 5.82 Å². The van der Waals surface area contributed by atoms with Crippen LogP contribution in [0.2, 0.25) is 0 Å². The van der Waals surface area contributed by atoms with Crippen molar-refractivity contribution in [2.24, 2.45) is 5.41 Å². The second-order valence-corrected chi connectivity index (χ2v) is 6.57. The Hall–Kier alpha value is -1.29. The third-order valence-corrected chi connectivity index (χ3v) is 4.35. The van der Waals surface area contributed by atoms with E-state index in [0.717, 1.165) is 15.6 Å². The highest BCUT2D eigenvalue weighted by atomic mass is 79.9. The molecule has 0 saturated heterocycles. The van der Waals surface area contributed by atoms with Gasteiger partial charge in [0, 0.05) is 21.6 Å². The van der Waals surface area contributed by atoms with Crippen molar-refractivity contribution in [1.29, 1.82) is 0 Å². The molecule has 1 aromatic heterocycles. The van der Waals surface area contributed by atoms with Crippen LogP contribution in [0.5, 0.6) is 0 Å². The van der Waals surface area contributed by atoms with E-state index in [-0.39, 0.29) is 0 Å². The van der Waals surface area contributed by atoms with Gasteiger partial charge >= 0.3 is 0 Å². The summed E-state index contributed by atoms with van der Waals surface area (Å²) in [6, 6.07) is 8.21.